The molecule has 0 spiro atoms. The Morgan fingerprint density at radius 1 is 0.893 bits per heavy atom. The summed E-state index contributed by atoms with van der Waals surface area (Å²) in [6, 6.07) is -3.92. The molecular formula is C17H32N4O5S2. The van der Waals surface area contributed by atoms with E-state index in [0.29, 0.717) is 6.42 Å². The molecule has 0 aliphatic heterocycles. The zero-order valence-corrected chi connectivity index (χ0v) is 18.4. The number of carbonyl (C=O) groups is 4. The van der Waals surface area contributed by atoms with E-state index in [1.165, 1.54) is 0 Å². The van der Waals surface area contributed by atoms with Gasteiger partial charge in [0.2, 0.25) is 17.7 Å². The second-order valence-corrected chi connectivity index (χ2v) is 7.70. The van der Waals surface area contributed by atoms with Crippen molar-refractivity contribution in [2.45, 2.75) is 58.3 Å². The number of thiol groups is 2. The summed E-state index contributed by atoms with van der Waals surface area (Å²) in [5.74, 6) is -3.40. The van der Waals surface area contributed by atoms with Crippen LogP contribution in [0.25, 0.3) is 0 Å². The van der Waals surface area contributed by atoms with E-state index in [-0.39, 0.29) is 23.3 Å². The number of carboxylic acids is 1. The molecular weight excluding hydrogens is 404 g/mol. The molecule has 0 aromatic rings. The maximum atomic E-state index is 12.7. The van der Waals surface area contributed by atoms with Crippen molar-refractivity contribution in [2.24, 2.45) is 17.6 Å². The Morgan fingerprint density at radius 3 is 1.82 bits per heavy atom. The van der Waals surface area contributed by atoms with Crippen molar-refractivity contribution in [1.29, 1.82) is 0 Å². The predicted octanol–water partition coefficient (Wildman–Crippen LogP) is -0.586. The molecule has 0 bridgehead atoms. The summed E-state index contributed by atoms with van der Waals surface area (Å²) >= 11 is 8.04. The highest BCUT2D eigenvalue weighted by Crippen LogP contribution is 2.09. The predicted molar refractivity (Wildman–Crippen MR) is 113 cm³/mol. The lowest BCUT2D eigenvalue weighted by Crippen LogP contribution is -2.59. The number of hydrogen-bond acceptors (Lipinski definition) is 7. The number of hydrogen-bond donors (Lipinski definition) is 7. The van der Waals surface area contributed by atoms with Crippen LogP contribution in [0.1, 0.15) is 34.1 Å². The van der Waals surface area contributed by atoms with E-state index < -0.39 is 47.9 Å². The van der Waals surface area contributed by atoms with Crippen LogP contribution in [0.5, 0.6) is 0 Å². The summed E-state index contributed by atoms with van der Waals surface area (Å²) in [4.78, 5) is 48.5. The lowest BCUT2D eigenvalue weighted by atomic mass is 9.97. The summed E-state index contributed by atoms with van der Waals surface area (Å²) in [6.45, 7) is 6.96. The minimum Gasteiger partial charge on any atom is -0.480 e. The lowest BCUT2D eigenvalue weighted by molar-refractivity contribution is -0.143. The third-order valence-electron chi connectivity index (χ3n) is 4.37. The fourth-order valence-electron chi connectivity index (χ4n) is 2.27. The number of rotatable bonds is 12. The third-order valence-corrected chi connectivity index (χ3v) is 5.13. The van der Waals surface area contributed by atoms with Crippen LogP contribution in [0.2, 0.25) is 0 Å². The summed E-state index contributed by atoms with van der Waals surface area (Å²) < 4.78 is 0. The number of carbonyl (C=O) groups excluding carboxylic acids is 3. The molecule has 0 saturated carbocycles. The molecule has 5 unspecified atom stereocenters. The fraction of sp³-hybridized carbons (Fsp3) is 0.765. The minimum atomic E-state index is -1.17. The summed E-state index contributed by atoms with van der Waals surface area (Å²) in [5, 5.41) is 16.7. The molecule has 28 heavy (non-hydrogen) atoms. The zero-order valence-electron chi connectivity index (χ0n) is 16.6. The summed E-state index contributed by atoms with van der Waals surface area (Å²) in [6.07, 6.45) is 0.598. The molecule has 0 aliphatic carbocycles. The van der Waals surface area contributed by atoms with Gasteiger partial charge in [-0.1, -0.05) is 34.1 Å². The number of amides is 3. The molecule has 5 atom stereocenters. The van der Waals surface area contributed by atoms with E-state index in [9.17, 15) is 24.3 Å². The molecule has 0 rings (SSSR count). The second kappa shape index (κ2) is 12.9. The monoisotopic (exact) mass is 436 g/mol. The van der Waals surface area contributed by atoms with Crippen LogP contribution in [0.4, 0.5) is 0 Å². The maximum Gasteiger partial charge on any atom is 0.326 e. The van der Waals surface area contributed by atoms with E-state index in [2.05, 4.69) is 41.2 Å². The van der Waals surface area contributed by atoms with E-state index in [4.69, 9.17) is 5.73 Å². The van der Waals surface area contributed by atoms with Crippen molar-refractivity contribution in [3.8, 4) is 0 Å². The van der Waals surface area contributed by atoms with Gasteiger partial charge in [-0.25, -0.2) is 4.79 Å². The Morgan fingerprint density at radius 2 is 1.43 bits per heavy atom. The van der Waals surface area contributed by atoms with Crippen LogP contribution < -0.4 is 21.7 Å². The van der Waals surface area contributed by atoms with Gasteiger partial charge in [-0.3, -0.25) is 14.4 Å². The smallest absolute Gasteiger partial charge is 0.326 e. The first kappa shape index (κ1) is 26.5. The van der Waals surface area contributed by atoms with Crippen molar-refractivity contribution in [2.75, 3.05) is 11.5 Å². The Balaban J connectivity index is 5.25. The Bertz CT molecular complexity index is 562. The average Bonchev–Trinajstić information content (AvgIpc) is 2.65. The van der Waals surface area contributed by atoms with E-state index >= 15 is 0 Å². The average molecular weight is 437 g/mol. The second-order valence-electron chi connectivity index (χ2n) is 6.97. The SMILES string of the molecule is CCC(C)C(NC(=O)C(N)CS)C(=O)NC(CS)C(=O)NC(C(=O)O)C(C)C. The van der Waals surface area contributed by atoms with Gasteiger partial charge in [0.1, 0.15) is 18.1 Å². The van der Waals surface area contributed by atoms with E-state index in [1.807, 2.05) is 6.92 Å². The van der Waals surface area contributed by atoms with Crippen LogP contribution in [0.3, 0.4) is 0 Å². The standard InChI is InChI=1S/C17H32N4O5S2/c1-5-9(4)13(21-14(22)10(18)6-27)16(24)19-11(7-28)15(23)20-12(8(2)3)17(25)26/h8-13,27-28H,5-7,18H2,1-4H3,(H,19,24)(H,20,23)(H,21,22)(H,25,26). The first-order valence-corrected chi connectivity index (χ1v) is 10.4. The van der Waals surface area contributed by atoms with Crippen molar-refractivity contribution < 1.29 is 24.3 Å². The lowest BCUT2D eigenvalue weighted by Gasteiger charge is -2.27. The summed E-state index contributed by atoms with van der Waals surface area (Å²) in [7, 11) is 0. The largest absolute Gasteiger partial charge is 0.480 e. The van der Waals surface area contributed by atoms with Gasteiger partial charge in [0, 0.05) is 11.5 Å². The molecule has 0 aromatic carbocycles. The zero-order chi connectivity index (χ0) is 22.0. The topological polar surface area (TPSA) is 151 Å². The number of nitrogens with two attached hydrogens (primary N) is 1. The molecule has 9 nitrogen and oxygen atoms in total. The van der Waals surface area contributed by atoms with E-state index in [0.717, 1.165) is 0 Å². The van der Waals surface area contributed by atoms with Crippen LogP contribution in [0, 0.1) is 11.8 Å². The third kappa shape index (κ3) is 8.27. The van der Waals surface area contributed by atoms with Gasteiger partial charge in [-0.05, 0) is 11.8 Å². The van der Waals surface area contributed by atoms with Gasteiger partial charge < -0.3 is 26.8 Å². The molecule has 0 fully saturated rings. The first-order chi connectivity index (χ1) is 13.0. The van der Waals surface area contributed by atoms with Gasteiger partial charge in [-0.15, -0.1) is 0 Å². The quantitative estimate of drug-likeness (QED) is 0.203. The van der Waals surface area contributed by atoms with Crippen LogP contribution in [-0.2, 0) is 19.2 Å². The highest BCUT2D eigenvalue weighted by Gasteiger charge is 2.32. The van der Waals surface area contributed by atoms with Crippen LogP contribution >= 0.6 is 25.3 Å². The molecule has 11 heteroatoms. The highest BCUT2D eigenvalue weighted by atomic mass is 32.1. The normalized spacial score (nSPS) is 16.4. The summed E-state index contributed by atoms with van der Waals surface area (Å²) in [5.41, 5.74) is 5.64. The fourth-order valence-corrected chi connectivity index (χ4v) is 2.69. The van der Waals surface area contributed by atoms with Gasteiger partial charge in [-0.2, -0.15) is 25.3 Å². The number of aliphatic carboxylic acids is 1. The molecule has 0 radical (unpaired) electrons. The van der Waals surface area contributed by atoms with Crippen molar-refractivity contribution in [3.05, 3.63) is 0 Å². The Hall–Kier alpha value is -1.46. The molecule has 0 saturated heterocycles. The van der Waals surface area contributed by atoms with Crippen molar-refractivity contribution in [3.63, 3.8) is 0 Å². The van der Waals surface area contributed by atoms with Crippen LogP contribution in [0.15, 0.2) is 0 Å². The molecule has 3 amide bonds. The van der Waals surface area contributed by atoms with Crippen LogP contribution in [-0.4, -0.2) is 64.5 Å². The first-order valence-electron chi connectivity index (χ1n) is 9.11. The highest BCUT2D eigenvalue weighted by molar-refractivity contribution is 7.80. The molecule has 162 valence electrons. The van der Waals surface area contributed by atoms with Gasteiger partial charge in [0.25, 0.3) is 0 Å². The number of carboxylic acid groups (broad SMARTS) is 1. The molecule has 0 aliphatic rings. The minimum absolute atomic E-state index is 0.0423. The Kier molecular flexibility index (Phi) is 12.2. The van der Waals surface area contributed by atoms with Crippen molar-refractivity contribution in [1.82, 2.24) is 16.0 Å². The van der Waals surface area contributed by atoms with Gasteiger partial charge >= 0.3 is 5.97 Å². The molecule has 0 aromatic heterocycles. The number of nitrogens with one attached hydrogen (secondary N) is 3. The van der Waals surface area contributed by atoms with E-state index in [1.54, 1.807) is 20.8 Å². The Labute approximate surface area is 176 Å². The van der Waals surface area contributed by atoms with Gasteiger partial charge in [0.15, 0.2) is 0 Å². The maximum absolute atomic E-state index is 12.7. The van der Waals surface area contributed by atoms with Crippen molar-refractivity contribution >= 4 is 48.9 Å². The molecule has 6 N–H and O–H groups in total. The van der Waals surface area contributed by atoms with Gasteiger partial charge in [0.05, 0.1) is 6.04 Å². The molecule has 0 heterocycles.